The monoisotopic (exact) mass is 487 g/mol. The third-order valence-corrected chi connectivity index (χ3v) is 6.60. The zero-order valence-electron chi connectivity index (χ0n) is 18.1. The van der Waals surface area contributed by atoms with Crippen LogP contribution in [0.3, 0.4) is 0 Å². The molecule has 0 aliphatic carbocycles. The highest BCUT2D eigenvalue weighted by Gasteiger charge is 2.31. The molecule has 0 unspecified atom stereocenters. The Balaban J connectivity index is 2.10. The lowest BCUT2D eigenvalue weighted by Gasteiger charge is -2.17. The van der Waals surface area contributed by atoms with Crippen LogP contribution in [0.15, 0.2) is 48.5 Å². The Morgan fingerprint density at radius 2 is 1.64 bits per heavy atom. The van der Waals surface area contributed by atoms with Crippen molar-refractivity contribution in [2.24, 2.45) is 0 Å². The minimum atomic E-state index is -4.56. The van der Waals surface area contributed by atoms with E-state index in [4.69, 9.17) is 9.05 Å². The summed E-state index contributed by atoms with van der Waals surface area (Å²) in [5, 5.41) is 11.8. The molecule has 0 radical (unpaired) electrons. The lowest BCUT2D eigenvalue weighted by molar-refractivity contribution is -0.139. The molecule has 2 aromatic rings. The largest absolute Gasteiger partial charge is 0.480 e. The highest BCUT2D eigenvalue weighted by molar-refractivity contribution is 7.53. The molecule has 0 fully saturated rings. The summed E-state index contributed by atoms with van der Waals surface area (Å²) in [5.41, 5.74) is -0.0508. The molecule has 0 saturated heterocycles. The van der Waals surface area contributed by atoms with E-state index < -0.39 is 37.3 Å². The Hall–Kier alpha value is -2.68. The molecule has 0 saturated carbocycles. The Morgan fingerprint density at radius 3 is 2.15 bits per heavy atom. The standard InChI is InChI=1S/C22H25F3NO6P/c1-3-31-33(30,32-4-2)14-15-8-10-17(11-9-15)20(27)26-19(21(28)29)13-16-6-5-7-18(12-16)22(23,24)25/h5-12,19H,3-4,13-14H2,1-2H3,(H,26,27)(H,28,29)/t19-/m1/s1. The van der Waals surface area contributed by atoms with Crippen molar-refractivity contribution in [2.45, 2.75) is 38.6 Å². The van der Waals surface area contributed by atoms with Gasteiger partial charge in [0, 0.05) is 12.0 Å². The van der Waals surface area contributed by atoms with Gasteiger partial charge < -0.3 is 19.5 Å². The summed E-state index contributed by atoms with van der Waals surface area (Å²) >= 11 is 0. The zero-order valence-corrected chi connectivity index (χ0v) is 19.0. The fraction of sp³-hybridized carbons (Fsp3) is 0.364. The highest BCUT2D eigenvalue weighted by Crippen LogP contribution is 2.51. The first kappa shape index (κ1) is 26.6. The summed E-state index contributed by atoms with van der Waals surface area (Å²) < 4.78 is 61.8. The first-order chi connectivity index (χ1) is 15.5. The Kier molecular flexibility index (Phi) is 9.22. The van der Waals surface area contributed by atoms with Crippen molar-refractivity contribution >= 4 is 19.5 Å². The van der Waals surface area contributed by atoms with Crippen molar-refractivity contribution in [1.82, 2.24) is 5.32 Å². The van der Waals surface area contributed by atoms with Gasteiger partial charge in [-0.2, -0.15) is 13.2 Å². The zero-order chi connectivity index (χ0) is 24.6. The van der Waals surface area contributed by atoms with Gasteiger partial charge >= 0.3 is 19.7 Å². The van der Waals surface area contributed by atoms with Crippen LogP contribution >= 0.6 is 7.60 Å². The van der Waals surface area contributed by atoms with Gasteiger partial charge in [-0.05, 0) is 43.2 Å². The molecule has 2 rings (SSSR count). The van der Waals surface area contributed by atoms with E-state index in [2.05, 4.69) is 5.32 Å². The van der Waals surface area contributed by atoms with Crippen molar-refractivity contribution in [3.05, 3.63) is 70.8 Å². The van der Waals surface area contributed by atoms with Crippen LogP contribution in [0.25, 0.3) is 0 Å². The van der Waals surface area contributed by atoms with Crippen molar-refractivity contribution < 1.29 is 41.5 Å². The van der Waals surface area contributed by atoms with Crippen LogP contribution in [-0.4, -0.2) is 36.2 Å². The second kappa shape index (κ2) is 11.4. The lowest BCUT2D eigenvalue weighted by Crippen LogP contribution is -2.42. The van der Waals surface area contributed by atoms with Crippen molar-refractivity contribution in [2.75, 3.05) is 13.2 Å². The normalized spacial score (nSPS) is 12.9. The molecule has 180 valence electrons. The molecule has 0 aliphatic heterocycles. The maximum atomic E-state index is 12.9. The summed E-state index contributed by atoms with van der Waals surface area (Å²) in [4.78, 5) is 24.1. The number of hydrogen-bond donors (Lipinski definition) is 2. The van der Waals surface area contributed by atoms with Gasteiger partial charge in [0.2, 0.25) is 0 Å². The Bertz CT molecular complexity index is 1000. The summed E-state index contributed by atoms with van der Waals surface area (Å²) in [6.07, 6.45) is -4.88. The number of halogens is 3. The molecule has 0 aromatic heterocycles. The van der Waals surface area contributed by atoms with Gasteiger partial charge in [-0.1, -0.05) is 30.3 Å². The molecule has 0 aliphatic rings. The van der Waals surface area contributed by atoms with Gasteiger partial charge in [0.25, 0.3) is 5.91 Å². The molecule has 0 heterocycles. The fourth-order valence-corrected chi connectivity index (χ4v) is 4.76. The summed E-state index contributed by atoms with van der Waals surface area (Å²) in [7, 11) is -3.33. The van der Waals surface area contributed by atoms with Crippen LogP contribution in [0.5, 0.6) is 0 Å². The fourth-order valence-electron chi connectivity index (χ4n) is 3.06. The summed E-state index contributed by atoms with van der Waals surface area (Å²) in [6.45, 7) is 3.80. The average molecular weight is 487 g/mol. The third-order valence-electron chi connectivity index (χ3n) is 4.54. The number of benzene rings is 2. The molecular weight excluding hydrogens is 462 g/mol. The predicted octanol–water partition coefficient (Wildman–Crippen LogP) is 4.90. The molecule has 1 atom stereocenters. The highest BCUT2D eigenvalue weighted by atomic mass is 31.2. The van der Waals surface area contributed by atoms with Crippen LogP contribution in [0.2, 0.25) is 0 Å². The van der Waals surface area contributed by atoms with Gasteiger partial charge in [-0.25, -0.2) is 4.79 Å². The van der Waals surface area contributed by atoms with E-state index in [0.29, 0.717) is 5.56 Å². The van der Waals surface area contributed by atoms with E-state index in [1.54, 1.807) is 26.0 Å². The number of alkyl halides is 3. The number of aliphatic carboxylic acids is 1. The van der Waals surface area contributed by atoms with E-state index >= 15 is 0 Å². The van der Waals surface area contributed by atoms with Gasteiger partial charge in [0.15, 0.2) is 0 Å². The molecule has 7 nitrogen and oxygen atoms in total. The summed E-state index contributed by atoms with van der Waals surface area (Å²) in [6, 6.07) is 8.79. The molecule has 2 N–H and O–H groups in total. The number of nitrogens with one attached hydrogen (secondary N) is 1. The van der Waals surface area contributed by atoms with E-state index in [9.17, 15) is 32.4 Å². The number of carboxylic acid groups (broad SMARTS) is 1. The van der Waals surface area contributed by atoms with E-state index in [0.717, 1.165) is 12.1 Å². The van der Waals surface area contributed by atoms with E-state index in [1.165, 1.54) is 24.3 Å². The maximum absolute atomic E-state index is 12.9. The second-order valence-corrected chi connectivity index (χ2v) is 9.12. The Morgan fingerprint density at radius 1 is 1.03 bits per heavy atom. The Labute approximate surface area is 189 Å². The van der Waals surface area contributed by atoms with Crippen molar-refractivity contribution in [3.8, 4) is 0 Å². The second-order valence-electron chi connectivity index (χ2n) is 7.07. The molecule has 0 spiro atoms. The molecule has 2 aromatic carbocycles. The SMILES string of the molecule is CCOP(=O)(Cc1ccc(C(=O)N[C@H](Cc2cccc(C(F)(F)F)c2)C(=O)O)cc1)OCC. The molecule has 11 heteroatoms. The topological polar surface area (TPSA) is 102 Å². The number of rotatable bonds is 11. The number of carbonyl (C=O) groups is 2. The van der Waals surface area contributed by atoms with Crippen LogP contribution in [0.4, 0.5) is 13.2 Å². The van der Waals surface area contributed by atoms with Gasteiger partial charge in [0.05, 0.1) is 24.9 Å². The number of carbonyl (C=O) groups excluding carboxylic acids is 1. The van der Waals surface area contributed by atoms with Crippen LogP contribution in [0, 0.1) is 0 Å². The quantitative estimate of drug-likeness (QED) is 0.438. The van der Waals surface area contributed by atoms with Crippen molar-refractivity contribution in [3.63, 3.8) is 0 Å². The van der Waals surface area contributed by atoms with Crippen LogP contribution in [-0.2, 0) is 37.2 Å². The first-order valence-electron chi connectivity index (χ1n) is 10.1. The maximum Gasteiger partial charge on any atom is 0.416 e. The van der Waals surface area contributed by atoms with Crippen molar-refractivity contribution in [1.29, 1.82) is 0 Å². The first-order valence-corrected chi connectivity index (χ1v) is 11.9. The molecule has 1 amide bonds. The molecule has 0 bridgehead atoms. The number of hydrogen-bond acceptors (Lipinski definition) is 5. The third kappa shape index (κ3) is 7.99. The van der Waals surface area contributed by atoms with Gasteiger partial charge in [-0.15, -0.1) is 0 Å². The number of amides is 1. The minimum Gasteiger partial charge on any atom is -0.480 e. The smallest absolute Gasteiger partial charge is 0.416 e. The van der Waals surface area contributed by atoms with Gasteiger partial charge in [0.1, 0.15) is 6.04 Å². The van der Waals surface area contributed by atoms with Gasteiger partial charge in [-0.3, -0.25) is 9.36 Å². The average Bonchev–Trinajstić information content (AvgIpc) is 2.73. The summed E-state index contributed by atoms with van der Waals surface area (Å²) in [5.74, 6) is -2.09. The molecule has 33 heavy (non-hydrogen) atoms. The number of carboxylic acids is 1. The minimum absolute atomic E-state index is 0.00385. The van der Waals surface area contributed by atoms with E-state index in [-0.39, 0.29) is 36.9 Å². The van der Waals surface area contributed by atoms with Crippen LogP contribution in [0.1, 0.15) is 40.9 Å². The molecular formula is C22H25F3NO6P. The van der Waals surface area contributed by atoms with Crippen LogP contribution < -0.4 is 5.32 Å². The van der Waals surface area contributed by atoms with E-state index in [1.807, 2.05) is 0 Å². The predicted molar refractivity (Wildman–Crippen MR) is 115 cm³/mol. The lowest BCUT2D eigenvalue weighted by atomic mass is 10.0.